The van der Waals surface area contributed by atoms with Crippen molar-refractivity contribution >= 4 is 49.7 Å². The van der Waals surface area contributed by atoms with E-state index in [-0.39, 0.29) is 18.0 Å². The molecule has 2 amide bonds. The van der Waals surface area contributed by atoms with Crippen molar-refractivity contribution in [2.24, 2.45) is 0 Å². The molecule has 174 valence electrons. The molecule has 1 fully saturated rings. The molecular weight excluding hydrogens is 472 g/mol. The minimum absolute atomic E-state index is 0.131. The van der Waals surface area contributed by atoms with E-state index in [2.05, 4.69) is 10.3 Å². The number of carbonyl (C=O) groups is 2. The van der Waals surface area contributed by atoms with Crippen LogP contribution >= 0.6 is 22.7 Å². The van der Waals surface area contributed by atoms with E-state index in [0.717, 1.165) is 16.0 Å². The first-order valence-electron chi connectivity index (χ1n) is 10.8. The van der Waals surface area contributed by atoms with Crippen molar-refractivity contribution in [3.8, 4) is 10.4 Å². The molecule has 4 heterocycles. The Morgan fingerprint density at radius 3 is 2.68 bits per heavy atom. The molecule has 8 nitrogen and oxygen atoms in total. The number of nitrogens with zero attached hydrogens (tertiary/aromatic N) is 3. The van der Waals surface area contributed by atoms with Crippen LogP contribution in [-0.4, -0.2) is 52.6 Å². The zero-order chi connectivity index (χ0) is 23.7. The fourth-order valence-electron chi connectivity index (χ4n) is 3.98. The molecule has 3 aromatic heterocycles. The number of nitrogens with one attached hydrogen (secondary N) is 1. The third kappa shape index (κ3) is 4.27. The molecule has 1 N–H and O–H groups in total. The molecule has 0 spiro atoms. The number of hydrogen-bond acceptors (Lipinski definition) is 7. The molecule has 0 unspecified atom stereocenters. The molecule has 10 heteroatoms. The van der Waals surface area contributed by atoms with E-state index in [4.69, 9.17) is 4.74 Å². The highest BCUT2D eigenvalue weighted by molar-refractivity contribution is 7.20. The molecule has 0 aliphatic carbocycles. The topological polar surface area (TPSA) is 93.5 Å². The van der Waals surface area contributed by atoms with Gasteiger partial charge in [0.2, 0.25) is 5.91 Å². The lowest BCUT2D eigenvalue weighted by atomic mass is 10.1. The van der Waals surface area contributed by atoms with Gasteiger partial charge in [0.05, 0.1) is 30.5 Å². The Morgan fingerprint density at radius 2 is 1.91 bits per heavy atom. The number of anilines is 1. The number of aromatic nitrogens is 2. The summed E-state index contributed by atoms with van der Waals surface area (Å²) in [5.41, 5.74) is 2.02. The van der Waals surface area contributed by atoms with Gasteiger partial charge in [0.15, 0.2) is 0 Å². The van der Waals surface area contributed by atoms with Gasteiger partial charge >= 0.3 is 0 Å². The number of fused-ring (bicyclic) bond motifs is 1. The molecule has 0 bridgehead atoms. The maximum atomic E-state index is 13.5. The predicted molar refractivity (Wildman–Crippen MR) is 134 cm³/mol. The highest BCUT2D eigenvalue weighted by atomic mass is 32.1. The Labute approximate surface area is 203 Å². The van der Waals surface area contributed by atoms with Gasteiger partial charge in [-0.3, -0.25) is 19.0 Å². The molecule has 0 radical (unpaired) electrons. The molecule has 5 rings (SSSR count). The summed E-state index contributed by atoms with van der Waals surface area (Å²) in [7, 11) is 0. The Kier molecular flexibility index (Phi) is 6.27. The summed E-state index contributed by atoms with van der Waals surface area (Å²) in [6, 6.07) is 11.5. The monoisotopic (exact) mass is 494 g/mol. The van der Waals surface area contributed by atoms with Gasteiger partial charge in [0, 0.05) is 18.0 Å². The Hall–Kier alpha value is -3.34. The summed E-state index contributed by atoms with van der Waals surface area (Å²) in [5, 5.41) is 5.66. The number of carbonyl (C=O) groups excluding carboxylic acids is 2. The fourth-order valence-corrected chi connectivity index (χ4v) is 5.92. The highest BCUT2D eigenvalue weighted by Crippen LogP contribution is 2.40. The lowest BCUT2D eigenvalue weighted by Gasteiger charge is -2.27. The van der Waals surface area contributed by atoms with Gasteiger partial charge < -0.3 is 15.0 Å². The number of rotatable bonds is 5. The van der Waals surface area contributed by atoms with Crippen LogP contribution in [0.3, 0.4) is 0 Å². The smallest absolute Gasteiger partial charge is 0.262 e. The largest absolute Gasteiger partial charge is 0.378 e. The van der Waals surface area contributed by atoms with Gasteiger partial charge in [0.25, 0.3) is 11.5 Å². The number of hydrogen-bond donors (Lipinski definition) is 1. The van der Waals surface area contributed by atoms with Crippen molar-refractivity contribution in [3.05, 3.63) is 69.6 Å². The first-order chi connectivity index (χ1) is 16.5. The van der Waals surface area contributed by atoms with Crippen LogP contribution in [0, 0.1) is 6.92 Å². The van der Waals surface area contributed by atoms with Gasteiger partial charge in [-0.15, -0.1) is 22.7 Å². The van der Waals surface area contributed by atoms with E-state index in [1.807, 2.05) is 37.3 Å². The molecule has 0 atom stereocenters. The van der Waals surface area contributed by atoms with Crippen LogP contribution in [0.25, 0.3) is 20.7 Å². The van der Waals surface area contributed by atoms with E-state index in [0.29, 0.717) is 47.1 Å². The van der Waals surface area contributed by atoms with Crippen LogP contribution in [0.5, 0.6) is 0 Å². The van der Waals surface area contributed by atoms with Crippen molar-refractivity contribution in [1.82, 2.24) is 14.5 Å². The lowest BCUT2D eigenvalue weighted by Crippen LogP contribution is -2.41. The van der Waals surface area contributed by atoms with E-state index < -0.39 is 5.91 Å². The van der Waals surface area contributed by atoms with E-state index in [9.17, 15) is 14.4 Å². The number of benzene rings is 1. The van der Waals surface area contributed by atoms with Gasteiger partial charge in [-0.25, -0.2) is 4.98 Å². The van der Waals surface area contributed by atoms with Crippen molar-refractivity contribution in [1.29, 1.82) is 0 Å². The summed E-state index contributed by atoms with van der Waals surface area (Å²) in [5.74, 6) is -0.525. The molecule has 1 saturated heterocycles. The van der Waals surface area contributed by atoms with Crippen LogP contribution in [0.1, 0.15) is 15.9 Å². The predicted octanol–water partition coefficient (Wildman–Crippen LogP) is 3.61. The van der Waals surface area contributed by atoms with Crippen LogP contribution in [0.15, 0.2) is 52.9 Å². The number of ether oxygens (including phenoxy) is 1. The third-order valence-electron chi connectivity index (χ3n) is 5.71. The van der Waals surface area contributed by atoms with Crippen molar-refractivity contribution in [2.75, 3.05) is 31.6 Å². The Morgan fingerprint density at radius 1 is 1.15 bits per heavy atom. The molecule has 4 aromatic rings. The molecule has 0 saturated carbocycles. The average molecular weight is 495 g/mol. The van der Waals surface area contributed by atoms with E-state index >= 15 is 0 Å². The lowest BCUT2D eigenvalue weighted by molar-refractivity contribution is -0.116. The second kappa shape index (κ2) is 9.49. The molecule has 1 aliphatic heterocycles. The number of amides is 2. The Bertz CT molecular complexity index is 1420. The summed E-state index contributed by atoms with van der Waals surface area (Å²) in [6.07, 6.45) is 1.38. The SMILES string of the molecule is Cc1c(-c2ccccc2)sc(NC(=O)Cn2cnc3sccc3c2=O)c1C(=O)N1CCOCC1. The van der Waals surface area contributed by atoms with Crippen LogP contribution in [0.4, 0.5) is 5.00 Å². The van der Waals surface area contributed by atoms with Crippen molar-refractivity contribution in [2.45, 2.75) is 13.5 Å². The Balaban J connectivity index is 1.47. The quantitative estimate of drug-likeness (QED) is 0.458. The van der Waals surface area contributed by atoms with Crippen molar-refractivity contribution in [3.63, 3.8) is 0 Å². The molecular formula is C24H22N4O4S2. The number of morpholine rings is 1. The fraction of sp³-hybridized carbons (Fsp3) is 0.250. The maximum Gasteiger partial charge on any atom is 0.262 e. The molecule has 1 aliphatic rings. The van der Waals surface area contributed by atoms with Gasteiger partial charge in [-0.1, -0.05) is 30.3 Å². The third-order valence-corrected chi connectivity index (χ3v) is 7.79. The van der Waals surface area contributed by atoms with E-state index in [1.165, 1.54) is 33.6 Å². The first-order valence-corrected chi connectivity index (χ1v) is 12.5. The van der Waals surface area contributed by atoms with Crippen LogP contribution in [0.2, 0.25) is 0 Å². The maximum absolute atomic E-state index is 13.5. The zero-order valence-corrected chi connectivity index (χ0v) is 20.1. The van der Waals surface area contributed by atoms with Gasteiger partial charge in [0.1, 0.15) is 16.4 Å². The average Bonchev–Trinajstić information content (AvgIpc) is 3.46. The molecule has 34 heavy (non-hydrogen) atoms. The second-order valence-electron chi connectivity index (χ2n) is 7.90. The standard InChI is InChI=1S/C24H22N4O4S2/c1-15-19(24(31)27-8-10-32-11-9-27)22(34-20(15)16-5-3-2-4-6-16)26-18(29)13-28-14-25-21-17(23(28)30)7-12-33-21/h2-7,12,14H,8-11,13H2,1H3,(H,26,29). The highest BCUT2D eigenvalue weighted by Gasteiger charge is 2.28. The summed E-state index contributed by atoms with van der Waals surface area (Å²) in [6.45, 7) is 3.70. The first kappa shape index (κ1) is 22.5. The number of thiophene rings is 2. The van der Waals surface area contributed by atoms with Crippen LogP contribution in [-0.2, 0) is 16.1 Å². The molecule has 1 aromatic carbocycles. The minimum atomic E-state index is -0.393. The normalized spacial score (nSPS) is 13.9. The minimum Gasteiger partial charge on any atom is -0.378 e. The van der Waals surface area contributed by atoms with Crippen LogP contribution < -0.4 is 10.9 Å². The van der Waals surface area contributed by atoms with Gasteiger partial charge in [-0.05, 0) is 29.5 Å². The summed E-state index contributed by atoms with van der Waals surface area (Å²) >= 11 is 2.74. The van der Waals surface area contributed by atoms with E-state index in [1.54, 1.807) is 16.3 Å². The van der Waals surface area contributed by atoms with Gasteiger partial charge in [-0.2, -0.15) is 0 Å². The zero-order valence-electron chi connectivity index (χ0n) is 18.4. The van der Waals surface area contributed by atoms with Crippen molar-refractivity contribution < 1.29 is 14.3 Å². The second-order valence-corrected chi connectivity index (χ2v) is 9.81. The summed E-state index contributed by atoms with van der Waals surface area (Å²) in [4.78, 5) is 46.7. The summed E-state index contributed by atoms with van der Waals surface area (Å²) < 4.78 is 6.67.